The number of carbonyl (C=O) groups excluding carboxylic acids is 1. The van der Waals surface area contributed by atoms with Crippen LogP contribution in [0.3, 0.4) is 0 Å². The summed E-state index contributed by atoms with van der Waals surface area (Å²) >= 11 is 1.31. The van der Waals surface area contributed by atoms with Crippen molar-refractivity contribution in [1.29, 1.82) is 0 Å². The van der Waals surface area contributed by atoms with E-state index in [2.05, 4.69) is 10.3 Å². The second-order valence-electron chi connectivity index (χ2n) is 7.77. The minimum atomic E-state index is -1.16. The maximum Gasteiger partial charge on any atom is 0.413 e. The maximum absolute atomic E-state index is 14.8. The van der Waals surface area contributed by atoms with Crippen LogP contribution in [0.25, 0.3) is 0 Å². The first-order chi connectivity index (χ1) is 13.0. The second kappa shape index (κ2) is 7.32. The number of nitrogens with zero attached hydrogens (tertiary/aromatic N) is 2. The minimum Gasteiger partial charge on any atom is -0.444 e. The lowest BCUT2D eigenvalue weighted by atomic mass is 9.77. The van der Waals surface area contributed by atoms with Crippen molar-refractivity contribution >= 4 is 28.7 Å². The summed E-state index contributed by atoms with van der Waals surface area (Å²) < 4.78 is 25.8. The number of fused-ring (bicyclic) bond motifs is 1. The molecule has 0 unspecified atom stereocenters. The molecule has 1 aromatic carbocycles. The number of benzene rings is 1. The van der Waals surface area contributed by atoms with Crippen LogP contribution in [0.1, 0.15) is 33.3 Å². The highest BCUT2D eigenvalue weighted by Gasteiger charge is 2.54. The average Bonchev–Trinajstić information content (AvgIpc) is 2.90. The lowest BCUT2D eigenvalue weighted by Gasteiger charge is -2.37. The molecule has 8 nitrogen and oxygen atoms in total. The third-order valence-corrected chi connectivity index (χ3v) is 5.73. The van der Waals surface area contributed by atoms with Crippen LogP contribution in [-0.4, -0.2) is 40.2 Å². The maximum atomic E-state index is 14.8. The third-order valence-electron chi connectivity index (χ3n) is 4.70. The molecule has 2 aliphatic heterocycles. The summed E-state index contributed by atoms with van der Waals surface area (Å²) in [6, 6.07) is 3.40. The van der Waals surface area contributed by atoms with E-state index in [1.807, 2.05) is 0 Å². The summed E-state index contributed by atoms with van der Waals surface area (Å²) in [6.07, 6.45) is -1.19. The Labute approximate surface area is 166 Å². The summed E-state index contributed by atoms with van der Waals surface area (Å²) in [5.74, 6) is -0.269. The molecule has 1 aromatic rings. The summed E-state index contributed by atoms with van der Waals surface area (Å²) in [5.41, 5.74) is -1.97. The zero-order valence-electron chi connectivity index (χ0n) is 16.0. The van der Waals surface area contributed by atoms with E-state index in [4.69, 9.17) is 9.47 Å². The molecule has 3 rings (SSSR count). The third kappa shape index (κ3) is 3.83. The number of ether oxygens (including phenoxy) is 2. The highest BCUT2D eigenvalue weighted by Crippen LogP contribution is 2.49. The Hall–Kier alpha value is -2.20. The van der Waals surface area contributed by atoms with Gasteiger partial charge in [-0.1, -0.05) is 11.8 Å². The number of aliphatic imine (C=N–C) groups is 1. The Morgan fingerprint density at radius 3 is 2.86 bits per heavy atom. The van der Waals surface area contributed by atoms with Crippen LogP contribution < -0.4 is 5.32 Å². The topological polar surface area (TPSA) is 103 Å². The quantitative estimate of drug-likeness (QED) is 0.589. The average molecular weight is 411 g/mol. The smallest absolute Gasteiger partial charge is 0.413 e. The molecule has 1 amide bonds. The van der Waals surface area contributed by atoms with Gasteiger partial charge in [0.1, 0.15) is 17.0 Å². The zero-order chi connectivity index (χ0) is 20.7. The van der Waals surface area contributed by atoms with Crippen molar-refractivity contribution < 1.29 is 23.6 Å². The van der Waals surface area contributed by atoms with Crippen molar-refractivity contribution in [2.24, 2.45) is 10.9 Å². The molecule has 1 fully saturated rings. The number of rotatable bonds is 2. The lowest BCUT2D eigenvalue weighted by molar-refractivity contribution is -0.385. The fourth-order valence-corrected chi connectivity index (χ4v) is 4.55. The number of nitrogens with one attached hydrogen (secondary N) is 1. The Bertz CT molecular complexity index is 841. The molecule has 0 aliphatic carbocycles. The SMILES string of the molecule is C[C@H]1OC[C@H]2CSC(NC(=O)OC(C)(C)C)=N[C@]21c1cc([N+](=O)[O-])ccc1F. The molecule has 0 radical (unpaired) electrons. The lowest BCUT2D eigenvalue weighted by Crippen LogP contribution is -2.46. The number of nitro groups is 1. The van der Waals surface area contributed by atoms with Crippen LogP contribution in [0.4, 0.5) is 14.9 Å². The molecule has 10 heteroatoms. The molecule has 28 heavy (non-hydrogen) atoms. The summed E-state index contributed by atoms with van der Waals surface area (Å²) in [6.45, 7) is 7.32. The minimum absolute atomic E-state index is 0.0977. The number of alkyl carbamates (subject to hydrolysis) is 1. The first-order valence-corrected chi connectivity index (χ1v) is 9.80. The van der Waals surface area contributed by atoms with Gasteiger partial charge in [-0.2, -0.15) is 0 Å². The standard InChI is InChI=1S/C18H22FN3O5S/c1-10-18(13-7-12(22(24)25)5-6-14(13)19)11(8-26-10)9-28-15(21-18)20-16(23)27-17(2,3)4/h5-7,10-11H,8-9H2,1-4H3,(H,20,21,23)/t10-,11+,18+/m1/s1. The van der Waals surface area contributed by atoms with Gasteiger partial charge in [0, 0.05) is 29.4 Å². The highest BCUT2D eigenvalue weighted by atomic mass is 32.2. The van der Waals surface area contributed by atoms with E-state index in [0.29, 0.717) is 12.4 Å². The predicted molar refractivity (Wildman–Crippen MR) is 103 cm³/mol. The van der Waals surface area contributed by atoms with Gasteiger partial charge in [-0.25, -0.2) is 14.2 Å². The van der Waals surface area contributed by atoms with Gasteiger partial charge >= 0.3 is 6.09 Å². The number of amides is 1. The van der Waals surface area contributed by atoms with Crippen molar-refractivity contribution in [2.75, 3.05) is 12.4 Å². The Balaban J connectivity index is 2.03. The number of non-ortho nitro benzene ring substituents is 1. The van der Waals surface area contributed by atoms with Crippen molar-refractivity contribution in [3.63, 3.8) is 0 Å². The van der Waals surface area contributed by atoms with E-state index in [1.54, 1.807) is 27.7 Å². The predicted octanol–water partition coefficient (Wildman–Crippen LogP) is 3.59. The molecule has 1 saturated heterocycles. The molecule has 0 spiro atoms. The van der Waals surface area contributed by atoms with Crippen LogP contribution in [0.15, 0.2) is 23.2 Å². The number of amidine groups is 1. The van der Waals surface area contributed by atoms with Gasteiger partial charge < -0.3 is 9.47 Å². The molecule has 0 aromatic heterocycles. The van der Waals surface area contributed by atoms with E-state index < -0.39 is 34.1 Å². The number of hydrogen-bond donors (Lipinski definition) is 1. The Morgan fingerprint density at radius 1 is 1.50 bits per heavy atom. The molecule has 1 N–H and O–H groups in total. The molecule has 3 atom stereocenters. The summed E-state index contributed by atoms with van der Waals surface area (Å²) in [4.78, 5) is 27.4. The van der Waals surface area contributed by atoms with Crippen LogP contribution >= 0.6 is 11.8 Å². The Kier molecular flexibility index (Phi) is 5.37. The van der Waals surface area contributed by atoms with Gasteiger partial charge in [-0.3, -0.25) is 15.4 Å². The Morgan fingerprint density at radius 2 is 2.21 bits per heavy atom. The molecule has 0 saturated carbocycles. The van der Waals surface area contributed by atoms with E-state index in [1.165, 1.54) is 17.8 Å². The number of hydrogen-bond acceptors (Lipinski definition) is 7. The zero-order valence-corrected chi connectivity index (χ0v) is 16.8. The number of halogens is 1. The molecular weight excluding hydrogens is 389 g/mol. The van der Waals surface area contributed by atoms with Crippen molar-refractivity contribution in [2.45, 2.75) is 44.9 Å². The molecule has 2 heterocycles. The number of thioether (sulfide) groups is 1. The van der Waals surface area contributed by atoms with Crippen LogP contribution in [-0.2, 0) is 15.0 Å². The van der Waals surface area contributed by atoms with Gasteiger partial charge in [0.2, 0.25) is 0 Å². The van der Waals surface area contributed by atoms with Crippen LogP contribution in [0.5, 0.6) is 0 Å². The molecular formula is C18H22FN3O5S. The fraction of sp³-hybridized carbons (Fsp3) is 0.556. The van der Waals surface area contributed by atoms with Gasteiger partial charge in [-0.15, -0.1) is 0 Å². The van der Waals surface area contributed by atoms with E-state index >= 15 is 0 Å². The van der Waals surface area contributed by atoms with E-state index in [0.717, 1.165) is 12.1 Å². The van der Waals surface area contributed by atoms with E-state index in [-0.39, 0.29) is 22.3 Å². The number of nitro benzene ring substituents is 1. The van der Waals surface area contributed by atoms with Crippen molar-refractivity contribution in [3.8, 4) is 0 Å². The van der Waals surface area contributed by atoms with Gasteiger partial charge in [-0.05, 0) is 33.8 Å². The van der Waals surface area contributed by atoms with Gasteiger partial charge in [0.25, 0.3) is 5.69 Å². The normalized spacial score (nSPS) is 27.0. The molecule has 2 aliphatic rings. The highest BCUT2D eigenvalue weighted by molar-refractivity contribution is 8.13. The van der Waals surface area contributed by atoms with E-state index in [9.17, 15) is 19.3 Å². The molecule has 152 valence electrons. The summed E-state index contributed by atoms with van der Waals surface area (Å²) in [7, 11) is 0. The van der Waals surface area contributed by atoms with Crippen molar-refractivity contribution in [3.05, 3.63) is 39.7 Å². The number of carbonyl (C=O) groups is 1. The van der Waals surface area contributed by atoms with Crippen molar-refractivity contribution in [1.82, 2.24) is 5.32 Å². The first kappa shape index (κ1) is 20.5. The van der Waals surface area contributed by atoms with Crippen LogP contribution in [0.2, 0.25) is 0 Å². The fourth-order valence-electron chi connectivity index (χ4n) is 3.47. The monoisotopic (exact) mass is 411 g/mol. The van der Waals surface area contributed by atoms with Crippen LogP contribution in [0, 0.1) is 21.8 Å². The van der Waals surface area contributed by atoms with Gasteiger partial charge in [0.15, 0.2) is 5.17 Å². The molecule has 0 bridgehead atoms. The first-order valence-electron chi connectivity index (χ1n) is 8.81. The summed E-state index contributed by atoms with van der Waals surface area (Å²) in [5, 5.41) is 14.1. The van der Waals surface area contributed by atoms with Gasteiger partial charge in [0.05, 0.1) is 17.6 Å². The second-order valence-corrected chi connectivity index (χ2v) is 8.78. The largest absolute Gasteiger partial charge is 0.444 e.